The molecule has 1 fully saturated rings. The summed E-state index contributed by atoms with van der Waals surface area (Å²) in [7, 11) is 1.86. The van der Waals surface area contributed by atoms with Gasteiger partial charge in [0.15, 0.2) is 5.96 Å². The lowest BCUT2D eigenvalue weighted by Crippen LogP contribution is -2.49. The van der Waals surface area contributed by atoms with Crippen LogP contribution < -0.4 is 10.6 Å². The van der Waals surface area contributed by atoms with E-state index in [0.29, 0.717) is 6.04 Å². The molecule has 1 aliphatic heterocycles. The third kappa shape index (κ3) is 8.40. The Hall–Kier alpha value is -0.820. The first-order valence-electron chi connectivity index (χ1n) is 9.46. The fraction of sp³-hybridized carbons (Fsp3) is 0.650. The van der Waals surface area contributed by atoms with Crippen molar-refractivity contribution in [3.8, 4) is 0 Å². The number of nitrogens with one attached hydrogen (secondary N) is 2. The second kappa shape index (κ2) is 12.5. The van der Waals surface area contributed by atoms with Gasteiger partial charge in [-0.15, -0.1) is 24.0 Å². The lowest BCUT2D eigenvalue weighted by molar-refractivity contribution is 0.203. The second-order valence-electron chi connectivity index (χ2n) is 6.85. The molecule has 0 saturated carbocycles. The molecule has 0 unspecified atom stereocenters. The number of unbranched alkanes of at least 4 members (excludes halogenated alkanes) is 1. The van der Waals surface area contributed by atoms with Gasteiger partial charge in [0.2, 0.25) is 0 Å². The number of aryl methyl sites for hydroxylation is 1. The predicted octanol–water partition coefficient (Wildman–Crippen LogP) is 3.59. The van der Waals surface area contributed by atoms with E-state index in [-0.39, 0.29) is 24.0 Å². The zero-order valence-corrected chi connectivity index (χ0v) is 18.4. The second-order valence-corrected chi connectivity index (χ2v) is 6.85. The number of nitrogens with zero attached hydrogens (tertiary/aromatic N) is 2. The number of hydrogen-bond acceptors (Lipinski definition) is 2. The Morgan fingerprint density at radius 1 is 1.20 bits per heavy atom. The molecular formula is C20H35IN4. The van der Waals surface area contributed by atoms with Crippen LogP contribution in [0.1, 0.15) is 43.7 Å². The van der Waals surface area contributed by atoms with Gasteiger partial charge in [0.05, 0.1) is 0 Å². The number of hydrogen-bond donors (Lipinski definition) is 2. The average Bonchev–Trinajstić information content (AvgIpc) is 2.62. The summed E-state index contributed by atoms with van der Waals surface area (Å²) >= 11 is 0. The Morgan fingerprint density at radius 2 is 1.88 bits per heavy atom. The van der Waals surface area contributed by atoms with Crippen LogP contribution in [0, 0.1) is 6.92 Å². The highest BCUT2D eigenvalue weighted by molar-refractivity contribution is 14.0. The molecule has 1 heterocycles. The molecule has 25 heavy (non-hydrogen) atoms. The number of benzene rings is 1. The molecule has 2 N–H and O–H groups in total. The molecule has 142 valence electrons. The molecule has 1 saturated heterocycles. The minimum atomic E-state index is 0. The van der Waals surface area contributed by atoms with E-state index in [0.717, 1.165) is 18.9 Å². The largest absolute Gasteiger partial charge is 0.356 e. The third-order valence-corrected chi connectivity index (χ3v) is 4.81. The van der Waals surface area contributed by atoms with Crippen LogP contribution in [0.2, 0.25) is 0 Å². The van der Waals surface area contributed by atoms with Gasteiger partial charge in [-0.3, -0.25) is 4.99 Å². The van der Waals surface area contributed by atoms with Crippen LogP contribution in [0.15, 0.2) is 29.3 Å². The monoisotopic (exact) mass is 458 g/mol. The summed E-state index contributed by atoms with van der Waals surface area (Å²) in [5.41, 5.74) is 2.68. The van der Waals surface area contributed by atoms with Crippen LogP contribution in [0.4, 0.5) is 0 Å². The van der Waals surface area contributed by atoms with E-state index in [2.05, 4.69) is 58.6 Å². The van der Waals surface area contributed by atoms with Crippen molar-refractivity contribution in [3.63, 3.8) is 0 Å². The number of aliphatic imine (C=N–C) groups is 1. The predicted molar refractivity (Wildman–Crippen MR) is 119 cm³/mol. The average molecular weight is 458 g/mol. The van der Waals surface area contributed by atoms with Crippen molar-refractivity contribution in [1.29, 1.82) is 0 Å². The van der Waals surface area contributed by atoms with E-state index in [4.69, 9.17) is 0 Å². The maximum atomic E-state index is 4.38. The van der Waals surface area contributed by atoms with Crippen molar-refractivity contribution >= 4 is 29.9 Å². The lowest BCUT2D eigenvalue weighted by atomic mass is 10.0. The summed E-state index contributed by atoms with van der Waals surface area (Å²) in [4.78, 5) is 6.97. The Kier molecular flexibility index (Phi) is 11.1. The smallest absolute Gasteiger partial charge is 0.191 e. The first-order valence-corrected chi connectivity index (χ1v) is 9.46. The molecule has 1 aliphatic rings. The number of piperidine rings is 1. The standard InChI is InChI=1S/C20H34N4.HI/c1-4-5-14-24-15-11-19(12-16-24)23-20(21-3)22-13-10-18-8-6-17(2)7-9-18;/h6-9,19H,4-5,10-16H2,1-3H3,(H2,21,22,23);1H. The highest BCUT2D eigenvalue weighted by Gasteiger charge is 2.19. The minimum absolute atomic E-state index is 0. The van der Waals surface area contributed by atoms with Gasteiger partial charge in [-0.25, -0.2) is 0 Å². The number of halogens is 1. The fourth-order valence-electron chi connectivity index (χ4n) is 3.15. The van der Waals surface area contributed by atoms with Gasteiger partial charge in [-0.1, -0.05) is 43.2 Å². The zero-order valence-electron chi connectivity index (χ0n) is 16.1. The van der Waals surface area contributed by atoms with Gasteiger partial charge in [0, 0.05) is 32.7 Å². The summed E-state index contributed by atoms with van der Waals surface area (Å²) in [6.07, 6.45) is 6.05. The molecule has 0 aliphatic carbocycles. The van der Waals surface area contributed by atoms with Crippen LogP contribution in [0.3, 0.4) is 0 Å². The molecule has 0 atom stereocenters. The molecule has 0 bridgehead atoms. The highest BCUT2D eigenvalue weighted by Crippen LogP contribution is 2.11. The quantitative estimate of drug-likeness (QED) is 0.373. The third-order valence-electron chi connectivity index (χ3n) is 4.81. The summed E-state index contributed by atoms with van der Waals surface area (Å²) in [6.45, 7) is 8.98. The molecule has 2 rings (SSSR count). The SMILES string of the molecule is CCCCN1CCC(NC(=NC)NCCc2ccc(C)cc2)CC1.I. The highest BCUT2D eigenvalue weighted by atomic mass is 127. The van der Waals surface area contributed by atoms with Crippen molar-refractivity contribution in [3.05, 3.63) is 35.4 Å². The molecule has 0 amide bonds. The van der Waals surface area contributed by atoms with Gasteiger partial charge in [0.1, 0.15) is 0 Å². The van der Waals surface area contributed by atoms with E-state index >= 15 is 0 Å². The zero-order chi connectivity index (χ0) is 17.2. The first-order chi connectivity index (χ1) is 11.7. The fourth-order valence-corrected chi connectivity index (χ4v) is 3.15. The van der Waals surface area contributed by atoms with Crippen molar-refractivity contribution in [1.82, 2.24) is 15.5 Å². The van der Waals surface area contributed by atoms with Crippen LogP contribution in [0.25, 0.3) is 0 Å². The molecular weight excluding hydrogens is 423 g/mol. The van der Waals surface area contributed by atoms with Crippen LogP contribution in [-0.4, -0.2) is 50.1 Å². The topological polar surface area (TPSA) is 39.7 Å². The van der Waals surface area contributed by atoms with E-state index in [9.17, 15) is 0 Å². The van der Waals surface area contributed by atoms with Gasteiger partial charge in [-0.05, 0) is 44.7 Å². The molecule has 0 spiro atoms. The van der Waals surface area contributed by atoms with Gasteiger partial charge in [0.25, 0.3) is 0 Å². The summed E-state index contributed by atoms with van der Waals surface area (Å²) in [6, 6.07) is 9.32. The van der Waals surface area contributed by atoms with E-state index in [1.165, 1.54) is 56.4 Å². The normalized spacial score (nSPS) is 16.4. The Balaban J connectivity index is 0.00000312. The number of guanidine groups is 1. The van der Waals surface area contributed by atoms with Gasteiger partial charge < -0.3 is 15.5 Å². The molecule has 1 aromatic rings. The van der Waals surface area contributed by atoms with Crippen LogP contribution >= 0.6 is 24.0 Å². The summed E-state index contributed by atoms with van der Waals surface area (Å²) < 4.78 is 0. The number of likely N-dealkylation sites (tertiary alicyclic amines) is 1. The van der Waals surface area contributed by atoms with E-state index < -0.39 is 0 Å². The van der Waals surface area contributed by atoms with Crippen LogP contribution in [0.5, 0.6) is 0 Å². The Bertz CT molecular complexity index is 493. The first kappa shape index (κ1) is 22.2. The van der Waals surface area contributed by atoms with Crippen molar-refractivity contribution in [2.24, 2.45) is 4.99 Å². The molecule has 1 aromatic carbocycles. The summed E-state index contributed by atoms with van der Waals surface area (Å²) in [5, 5.41) is 7.04. The molecule has 0 radical (unpaired) electrons. The molecule has 0 aromatic heterocycles. The van der Waals surface area contributed by atoms with Gasteiger partial charge >= 0.3 is 0 Å². The number of rotatable bonds is 7. The summed E-state index contributed by atoms with van der Waals surface area (Å²) in [5.74, 6) is 0.939. The van der Waals surface area contributed by atoms with Crippen LogP contribution in [-0.2, 0) is 6.42 Å². The Labute approximate surface area is 170 Å². The minimum Gasteiger partial charge on any atom is -0.356 e. The van der Waals surface area contributed by atoms with Crippen molar-refractivity contribution < 1.29 is 0 Å². The van der Waals surface area contributed by atoms with Gasteiger partial charge in [-0.2, -0.15) is 0 Å². The van der Waals surface area contributed by atoms with Crippen molar-refractivity contribution in [2.75, 3.05) is 33.2 Å². The maximum Gasteiger partial charge on any atom is 0.191 e. The molecule has 5 heteroatoms. The Morgan fingerprint density at radius 3 is 2.48 bits per heavy atom. The van der Waals surface area contributed by atoms with Crippen molar-refractivity contribution in [2.45, 2.75) is 52.0 Å². The maximum absolute atomic E-state index is 4.38. The van der Waals surface area contributed by atoms with E-state index in [1.807, 2.05) is 7.05 Å². The molecule has 4 nitrogen and oxygen atoms in total. The van der Waals surface area contributed by atoms with E-state index in [1.54, 1.807) is 0 Å². The lowest BCUT2D eigenvalue weighted by Gasteiger charge is -2.33.